The van der Waals surface area contributed by atoms with Crippen LogP contribution in [0, 0.1) is 18.8 Å². The van der Waals surface area contributed by atoms with Gasteiger partial charge in [-0.3, -0.25) is 0 Å². The van der Waals surface area contributed by atoms with E-state index in [2.05, 4.69) is 35.0 Å². The number of aromatic nitrogens is 3. The van der Waals surface area contributed by atoms with Crippen molar-refractivity contribution in [1.29, 1.82) is 0 Å². The van der Waals surface area contributed by atoms with Gasteiger partial charge in [0.1, 0.15) is 0 Å². The molecule has 2 rings (SSSR count). The van der Waals surface area contributed by atoms with Crippen LogP contribution in [-0.2, 0) is 0 Å². The van der Waals surface area contributed by atoms with Crippen LogP contribution in [0.25, 0.3) is 0 Å². The second-order valence-electron chi connectivity index (χ2n) is 4.83. The van der Waals surface area contributed by atoms with Gasteiger partial charge in [-0.15, -0.1) is 5.10 Å². The summed E-state index contributed by atoms with van der Waals surface area (Å²) in [6.07, 6.45) is 6.17. The van der Waals surface area contributed by atoms with E-state index in [0.29, 0.717) is 12.0 Å². The molecule has 1 aromatic rings. The first kappa shape index (κ1) is 9.69. The maximum atomic E-state index is 4.18. The predicted molar refractivity (Wildman–Crippen MR) is 56.0 cm³/mol. The van der Waals surface area contributed by atoms with Gasteiger partial charge in [-0.25, -0.2) is 4.68 Å². The van der Waals surface area contributed by atoms with Crippen molar-refractivity contribution in [2.75, 3.05) is 0 Å². The van der Waals surface area contributed by atoms with Crippen molar-refractivity contribution in [1.82, 2.24) is 15.0 Å². The lowest BCUT2D eigenvalue weighted by Gasteiger charge is -2.20. The molecule has 0 saturated heterocycles. The van der Waals surface area contributed by atoms with Crippen molar-refractivity contribution in [2.45, 2.75) is 46.1 Å². The first-order valence-corrected chi connectivity index (χ1v) is 5.55. The highest BCUT2D eigenvalue weighted by Crippen LogP contribution is 2.38. The molecule has 0 spiro atoms. The molecule has 1 aliphatic carbocycles. The smallest absolute Gasteiger partial charge is 0.0796 e. The summed E-state index contributed by atoms with van der Waals surface area (Å²) in [5.41, 5.74) is 1.02. The van der Waals surface area contributed by atoms with Crippen molar-refractivity contribution < 1.29 is 0 Å². The highest BCUT2D eigenvalue weighted by atomic mass is 15.4. The van der Waals surface area contributed by atoms with E-state index in [4.69, 9.17) is 0 Å². The Morgan fingerprint density at radius 1 is 1.50 bits per heavy atom. The molecule has 3 heteroatoms. The highest BCUT2D eigenvalue weighted by molar-refractivity contribution is 4.90. The molecule has 1 saturated carbocycles. The second kappa shape index (κ2) is 3.71. The zero-order valence-electron chi connectivity index (χ0n) is 9.27. The maximum absolute atomic E-state index is 4.18. The van der Waals surface area contributed by atoms with Gasteiger partial charge in [-0.1, -0.05) is 31.9 Å². The Morgan fingerprint density at radius 3 is 2.64 bits per heavy atom. The van der Waals surface area contributed by atoms with Gasteiger partial charge in [-0.05, 0) is 25.2 Å². The minimum absolute atomic E-state index is 0.545. The molecular formula is C11H19N3. The first-order valence-electron chi connectivity index (χ1n) is 5.55. The monoisotopic (exact) mass is 193 g/mol. The lowest BCUT2D eigenvalue weighted by atomic mass is 9.99. The minimum Gasteiger partial charge on any atom is -0.249 e. The summed E-state index contributed by atoms with van der Waals surface area (Å²) in [5, 5.41) is 8.25. The standard InChI is InChI=1S/C11H19N3/c1-8(2)11(6-10-4-5-10)14-7-9(3)12-13-14/h7-8,10-11H,4-6H2,1-3H3. The van der Waals surface area contributed by atoms with Crippen molar-refractivity contribution >= 4 is 0 Å². The van der Waals surface area contributed by atoms with Gasteiger partial charge in [0.25, 0.3) is 0 Å². The van der Waals surface area contributed by atoms with E-state index in [-0.39, 0.29) is 0 Å². The molecule has 0 N–H and O–H groups in total. The summed E-state index contributed by atoms with van der Waals surface area (Å²) >= 11 is 0. The molecule has 1 fully saturated rings. The molecule has 0 aromatic carbocycles. The van der Waals surface area contributed by atoms with Gasteiger partial charge in [0, 0.05) is 6.20 Å². The van der Waals surface area contributed by atoms with Crippen molar-refractivity contribution in [2.24, 2.45) is 11.8 Å². The number of nitrogens with zero attached hydrogens (tertiary/aromatic N) is 3. The highest BCUT2D eigenvalue weighted by Gasteiger charge is 2.28. The molecule has 14 heavy (non-hydrogen) atoms. The van der Waals surface area contributed by atoms with Crippen LogP contribution in [0.1, 0.15) is 44.8 Å². The molecule has 3 nitrogen and oxygen atoms in total. The van der Waals surface area contributed by atoms with Crippen LogP contribution in [0.4, 0.5) is 0 Å². The summed E-state index contributed by atoms with van der Waals surface area (Å²) in [5.74, 6) is 1.60. The average molecular weight is 193 g/mol. The molecule has 78 valence electrons. The molecule has 1 atom stereocenters. The van der Waals surface area contributed by atoms with Gasteiger partial charge in [0.15, 0.2) is 0 Å². The molecule has 0 amide bonds. The van der Waals surface area contributed by atoms with E-state index >= 15 is 0 Å². The predicted octanol–water partition coefficient (Wildman–Crippen LogP) is 2.58. The van der Waals surface area contributed by atoms with Crippen LogP contribution < -0.4 is 0 Å². The lowest BCUT2D eigenvalue weighted by Crippen LogP contribution is -2.16. The average Bonchev–Trinajstić information content (AvgIpc) is 2.84. The van der Waals surface area contributed by atoms with E-state index in [1.165, 1.54) is 19.3 Å². The number of hydrogen-bond donors (Lipinski definition) is 0. The molecule has 1 unspecified atom stereocenters. The summed E-state index contributed by atoms with van der Waals surface area (Å²) in [4.78, 5) is 0. The number of hydrogen-bond acceptors (Lipinski definition) is 2. The molecule has 0 aliphatic heterocycles. The largest absolute Gasteiger partial charge is 0.249 e. The van der Waals surface area contributed by atoms with Gasteiger partial charge in [0.05, 0.1) is 11.7 Å². The van der Waals surface area contributed by atoms with Gasteiger partial charge in [0.2, 0.25) is 0 Å². The van der Waals surface area contributed by atoms with Gasteiger partial charge >= 0.3 is 0 Å². The Balaban J connectivity index is 2.08. The van der Waals surface area contributed by atoms with Crippen molar-refractivity contribution in [3.05, 3.63) is 11.9 Å². The zero-order chi connectivity index (χ0) is 10.1. The fourth-order valence-electron chi connectivity index (χ4n) is 1.91. The van der Waals surface area contributed by atoms with E-state index in [9.17, 15) is 0 Å². The Hall–Kier alpha value is -0.860. The maximum Gasteiger partial charge on any atom is 0.0796 e. The first-order chi connectivity index (χ1) is 6.66. The normalized spacial score (nSPS) is 18.9. The lowest BCUT2D eigenvalue weighted by molar-refractivity contribution is 0.307. The summed E-state index contributed by atoms with van der Waals surface area (Å²) < 4.78 is 2.05. The number of rotatable bonds is 4. The van der Waals surface area contributed by atoms with Crippen LogP contribution in [-0.4, -0.2) is 15.0 Å². The molecular weight excluding hydrogens is 174 g/mol. The van der Waals surface area contributed by atoms with Crippen LogP contribution >= 0.6 is 0 Å². The molecule has 1 aromatic heterocycles. The van der Waals surface area contributed by atoms with Crippen LogP contribution in [0.2, 0.25) is 0 Å². The third kappa shape index (κ3) is 2.14. The quantitative estimate of drug-likeness (QED) is 0.735. The van der Waals surface area contributed by atoms with Crippen LogP contribution in [0.15, 0.2) is 6.20 Å². The molecule has 1 heterocycles. The topological polar surface area (TPSA) is 30.7 Å². The Bertz CT molecular complexity index is 299. The van der Waals surface area contributed by atoms with E-state index < -0.39 is 0 Å². The minimum atomic E-state index is 0.545. The Kier molecular flexibility index (Phi) is 2.57. The molecule has 0 radical (unpaired) electrons. The van der Waals surface area contributed by atoms with E-state index in [1.807, 2.05) is 6.92 Å². The SMILES string of the molecule is Cc1cn(C(CC2CC2)C(C)C)nn1. The Morgan fingerprint density at radius 2 is 2.21 bits per heavy atom. The summed E-state index contributed by atoms with van der Waals surface area (Å²) in [6, 6.07) is 0.545. The molecule has 1 aliphatic rings. The third-order valence-electron chi connectivity index (χ3n) is 3.01. The summed E-state index contributed by atoms with van der Waals surface area (Å²) in [6.45, 7) is 6.53. The van der Waals surface area contributed by atoms with Gasteiger partial charge < -0.3 is 0 Å². The van der Waals surface area contributed by atoms with E-state index in [0.717, 1.165) is 11.6 Å². The van der Waals surface area contributed by atoms with Crippen molar-refractivity contribution in [3.8, 4) is 0 Å². The Labute approximate surface area is 85.5 Å². The fraction of sp³-hybridized carbons (Fsp3) is 0.818. The fourth-order valence-corrected chi connectivity index (χ4v) is 1.91. The van der Waals surface area contributed by atoms with Crippen LogP contribution in [0.3, 0.4) is 0 Å². The van der Waals surface area contributed by atoms with Gasteiger partial charge in [-0.2, -0.15) is 0 Å². The third-order valence-corrected chi connectivity index (χ3v) is 3.01. The second-order valence-corrected chi connectivity index (χ2v) is 4.83. The molecule has 0 bridgehead atoms. The van der Waals surface area contributed by atoms with Crippen molar-refractivity contribution in [3.63, 3.8) is 0 Å². The summed E-state index contributed by atoms with van der Waals surface area (Å²) in [7, 11) is 0. The van der Waals surface area contributed by atoms with Crippen LogP contribution in [0.5, 0.6) is 0 Å². The zero-order valence-corrected chi connectivity index (χ0v) is 9.27. The van der Waals surface area contributed by atoms with E-state index in [1.54, 1.807) is 0 Å². The number of aryl methyl sites for hydroxylation is 1.